The second-order valence-corrected chi connectivity index (χ2v) is 6.97. The van der Waals surface area contributed by atoms with E-state index < -0.39 is 30.4 Å². The minimum Gasteiger partial charge on any atom is -0.550 e. The molecule has 7 heteroatoms. The largest absolute Gasteiger partial charge is 1.00 e. The maximum atomic E-state index is 11.5. The molecular weight excluding hydrogens is 357 g/mol. The quantitative estimate of drug-likeness (QED) is 0.161. The van der Waals surface area contributed by atoms with Gasteiger partial charge in [0.05, 0.1) is 0 Å². The summed E-state index contributed by atoms with van der Waals surface area (Å²) in [6, 6.07) is -1.35. The van der Waals surface area contributed by atoms with Gasteiger partial charge in [-0.25, -0.2) is 4.79 Å². The smallest absolute Gasteiger partial charge is 0.550 e. The van der Waals surface area contributed by atoms with Gasteiger partial charge in [0.1, 0.15) is 6.04 Å². The molecular formula is C20H36NNaO5. The summed E-state index contributed by atoms with van der Waals surface area (Å²) in [7, 11) is 0. The molecule has 6 nitrogen and oxygen atoms in total. The Kier molecular flexibility index (Phi) is 21.6. The van der Waals surface area contributed by atoms with E-state index in [1.165, 1.54) is 64.2 Å². The molecule has 0 heterocycles. The topological polar surface area (TPSA) is 110 Å². The van der Waals surface area contributed by atoms with Gasteiger partial charge in [0, 0.05) is 18.8 Å². The maximum absolute atomic E-state index is 11.5. The van der Waals surface area contributed by atoms with Crippen molar-refractivity contribution in [1.82, 2.24) is 0 Å². The molecule has 0 aromatic carbocycles. The summed E-state index contributed by atoms with van der Waals surface area (Å²) in [4.78, 5) is 33.2. The van der Waals surface area contributed by atoms with Crippen molar-refractivity contribution in [1.29, 1.82) is 0 Å². The van der Waals surface area contributed by atoms with Crippen LogP contribution in [0.15, 0.2) is 0 Å². The Bertz CT molecular complexity index is 404. The van der Waals surface area contributed by atoms with Crippen molar-refractivity contribution >= 4 is 17.9 Å². The molecule has 0 radical (unpaired) electrons. The molecule has 0 saturated heterocycles. The first-order valence-corrected chi connectivity index (χ1v) is 10.2. The van der Waals surface area contributed by atoms with Crippen LogP contribution in [0.1, 0.15) is 103 Å². The van der Waals surface area contributed by atoms with Crippen molar-refractivity contribution < 1.29 is 53.8 Å². The molecule has 0 saturated carbocycles. The zero-order valence-corrected chi connectivity index (χ0v) is 19.3. The van der Waals surface area contributed by atoms with Crippen LogP contribution in [0.5, 0.6) is 0 Å². The number of unbranched alkanes of at least 4 members (excludes halogenated alkanes) is 12. The number of carbonyl (C=O) groups is 3. The Morgan fingerprint density at radius 3 is 1.63 bits per heavy atom. The minimum absolute atomic E-state index is 0. The molecule has 1 atom stereocenters. The van der Waals surface area contributed by atoms with E-state index in [1.807, 2.05) is 0 Å². The monoisotopic (exact) mass is 393 g/mol. The minimum atomic E-state index is -1.45. The zero-order valence-electron chi connectivity index (χ0n) is 17.3. The predicted molar refractivity (Wildman–Crippen MR) is 99.0 cm³/mol. The van der Waals surface area contributed by atoms with Gasteiger partial charge in [-0.3, -0.25) is 4.79 Å². The van der Waals surface area contributed by atoms with E-state index in [4.69, 9.17) is 5.73 Å². The second kappa shape index (κ2) is 20.3. The molecule has 0 aliphatic carbocycles. The molecule has 2 N–H and O–H groups in total. The summed E-state index contributed by atoms with van der Waals surface area (Å²) in [5.41, 5.74) is 5.29. The maximum Gasteiger partial charge on any atom is 1.00 e. The number of hydrogen-bond acceptors (Lipinski definition) is 6. The van der Waals surface area contributed by atoms with Crippen LogP contribution in [0.25, 0.3) is 0 Å². The Hall–Kier alpha value is -0.430. The summed E-state index contributed by atoms with van der Waals surface area (Å²) in [5.74, 6) is -3.10. The van der Waals surface area contributed by atoms with Gasteiger partial charge in [-0.15, -0.1) is 0 Å². The molecule has 0 aromatic heterocycles. The van der Waals surface area contributed by atoms with Gasteiger partial charge < -0.3 is 20.4 Å². The van der Waals surface area contributed by atoms with Crippen molar-refractivity contribution in [3.8, 4) is 0 Å². The normalized spacial score (nSPS) is 11.5. The van der Waals surface area contributed by atoms with Gasteiger partial charge >= 0.3 is 41.5 Å². The molecule has 27 heavy (non-hydrogen) atoms. The Balaban J connectivity index is 0. The van der Waals surface area contributed by atoms with E-state index in [1.54, 1.807) is 0 Å². The molecule has 0 aromatic rings. The fourth-order valence-corrected chi connectivity index (χ4v) is 2.79. The summed E-state index contributed by atoms with van der Waals surface area (Å²) in [5, 5.41) is 10.3. The van der Waals surface area contributed by atoms with E-state index in [9.17, 15) is 19.5 Å². The SMILES string of the molecule is CCCCCCCCCCCCCCCC(=O)OC(=O)C(N)CC(=O)[O-].[Na+]. The average Bonchev–Trinajstić information content (AvgIpc) is 2.58. The molecule has 0 bridgehead atoms. The fourth-order valence-electron chi connectivity index (χ4n) is 2.79. The van der Waals surface area contributed by atoms with Gasteiger partial charge in [0.25, 0.3) is 0 Å². The van der Waals surface area contributed by atoms with Crippen LogP contribution in [-0.2, 0) is 19.1 Å². The summed E-state index contributed by atoms with van der Waals surface area (Å²) < 4.78 is 4.53. The van der Waals surface area contributed by atoms with Crippen LogP contribution in [0.4, 0.5) is 0 Å². The molecule has 0 aliphatic heterocycles. The van der Waals surface area contributed by atoms with Crippen LogP contribution < -0.4 is 40.4 Å². The van der Waals surface area contributed by atoms with E-state index >= 15 is 0 Å². The number of hydrogen-bond donors (Lipinski definition) is 1. The molecule has 0 amide bonds. The van der Waals surface area contributed by atoms with E-state index in [-0.39, 0.29) is 36.0 Å². The molecule has 0 rings (SSSR count). The predicted octanol–water partition coefficient (Wildman–Crippen LogP) is 0.00880. The van der Waals surface area contributed by atoms with Crippen LogP contribution in [0.2, 0.25) is 0 Å². The summed E-state index contributed by atoms with van der Waals surface area (Å²) >= 11 is 0. The second-order valence-electron chi connectivity index (χ2n) is 6.97. The van der Waals surface area contributed by atoms with Crippen molar-refractivity contribution in [2.45, 2.75) is 109 Å². The van der Waals surface area contributed by atoms with Crippen molar-refractivity contribution in [2.75, 3.05) is 0 Å². The number of carbonyl (C=O) groups excluding carboxylic acids is 3. The third-order valence-corrected chi connectivity index (χ3v) is 4.39. The van der Waals surface area contributed by atoms with Crippen molar-refractivity contribution in [2.24, 2.45) is 5.73 Å². The van der Waals surface area contributed by atoms with Crippen LogP contribution in [0, 0.1) is 0 Å². The fraction of sp³-hybridized carbons (Fsp3) is 0.850. The first-order valence-electron chi connectivity index (χ1n) is 10.2. The standard InChI is InChI=1S/C20H37NO5.Na/c1-2-3-4-5-6-7-8-9-10-11-12-13-14-15-19(24)26-20(25)17(21)16-18(22)23;/h17H,2-16,21H2,1H3,(H,22,23);/q;+1/p-1. The van der Waals surface area contributed by atoms with E-state index in [0.29, 0.717) is 6.42 Å². The molecule has 0 fully saturated rings. The van der Waals surface area contributed by atoms with E-state index in [0.717, 1.165) is 12.8 Å². The number of esters is 2. The van der Waals surface area contributed by atoms with Crippen molar-refractivity contribution in [3.63, 3.8) is 0 Å². The summed E-state index contributed by atoms with van der Waals surface area (Å²) in [6.45, 7) is 2.23. The number of rotatable bonds is 17. The molecule has 0 aliphatic rings. The van der Waals surface area contributed by atoms with Crippen molar-refractivity contribution in [3.05, 3.63) is 0 Å². The van der Waals surface area contributed by atoms with Gasteiger partial charge in [0.15, 0.2) is 0 Å². The van der Waals surface area contributed by atoms with Crippen LogP contribution in [0.3, 0.4) is 0 Å². The van der Waals surface area contributed by atoms with Gasteiger partial charge in [-0.2, -0.15) is 0 Å². The van der Waals surface area contributed by atoms with Gasteiger partial charge in [-0.05, 0) is 6.42 Å². The Morgan fingerprint density at radius 2 is 1.22 bits per heavy atom. The number of carboxylic acids is 1. The first-order chi connectivity index (χ1) is 12.5. The summed E-state index contributed by atoms with van der Waals surface area (Å²) in [6.07, 6.45) is 15.2. The zero-order chi connectivity index (χ0) is 19.6. The van der Waals surface area contributed by atoms with Crippen LogP contribution >= 0.6 is 0 Å². The third kappa shape index (κ3) is 20.1. The number of ether oxygens (including phenoxy) is 1. The van der Waals surface area contributed by atoms with Gasteiger partial charge in [-0.1, -0.05) is 84.0 Å². The molecule has 0 spiro atoms. The first kappa shape index (κ1) is 28.8. The Labute approximate surface area is 186 Å². The average molecular weight is 394 g/mol. The molecule has 1 unspecified atom stereocenters. The van der Waals surface area contributed by atoms with Crippen LogP contribution in [-0.4, -0.2) is 23.9 Å². The van der Waals surface area contributed by atoms with Gasteiger partial charge in [0.2, 0.25) is 0 Å². The molecule has 152 valence electrons. The number of nitrogens with two attached hydrogens (primary N) is 1. The number of aliphatic carboxylic acids is 1. The third-order valence-electron chi connectivity index (χ3n) is 4.39. The van der Waals surface area contributed by atoms with E-state index in [2.05, 4.69) is 11.7 Å². The Morgan fingerprint density at radius 1 is 0.815 bits per heavy atom. The number of carboxylic acid groups (broad SMARTS) is 1.